The van der Waals surface area contributed by atoms with Gasteiger partial charge in [-0.2, -0.15) is 0 Å². The second-order valence-electron chi connectivity index (χ2n) is 4.88. The third-order valence-corrected chi connectivity index (χ3v) is 3.38. The Morgan fingerprint density at radius 2 is 2.33 bits per heavy atom. The topological polar surface area (TPSA) is 74.5 Å². The third kappa shape index (κ3) is 3.05. The lowest BCUT2D eigenvalue weighted by Gasteiger charge is -2.20. The van der Waals surface area contributed by atoms with Gasteiger partial charge in [0.2, 0.25) is 0 Å². The number of hydrogen-bond donors (Lipinski definition) is 1. The molecular weight excluding hydrogens is 234 g/mol. The molecule has 7 nitrogen and oxygen atoms in total. The molecule has 7 heteroatoms. The molecule has 1 fully saturated rings. The fourth-order valence-electron chi connectivity index (χ4n) is 2.19. The number of carboxylic acids is 1. The van der Waals surface area contributed by atoms with Gasteiger partial charge in [-0.3, -0.25) is 9.58 Å². The molecule has 0 bridgehead atoms. The minimum Gasteiger partial charge on any atom is -0.476 e. The van der Waals surface area contributed by atoms with Crippen molar-refractivity contribution in [3.05, 3.63) is 11.9 Å². The molecule has 0 aromatic carbocycles. The standard InChI is InChI=1S/C11H19N5O2/c1-14(2)9-3-4-15(7-9)5-6-16-8-10(11(17)18)12-13-16/h8-9H,3-7H2,1-2H3,(H,17,18). The number of likely N-dealkylation sites (tertiary alicyclic amines) is 1. The lowest BCUT2D eigenvalue weighted by Crippen LogP contribution is -2.32. The van der Waals surface area contributed by atoms with Crippen molar-refractivity contribution in [2.24, 2.45) is 0 Å². The molecule has 18 heavy (non-hydrogen) atoms. The van der Waals surface area contributed by atoms with Crippen LogP contribution in [-0.2, 0) is 6.54 Å². The van der Waals surface area contributed by atoms with Crippen LogP contribution in [-0.4, -0.2) is 75.6 Å². The highest BCUT2D eigenvalue weighted by Gasteiger charge is 2.23. The maximum atomic E-state index is 10.7. The van der Waals surface area contributed by atoms with E-state index in [1.165, 1.54) is 12.6 Å². The highest BCUT2D eigenvalue weighted by molar-refractivity contribution is 5.84. The Kier molecular flexibility index (Phi) is 3.93. The van der Waals surface area contributed by atoms with Gasteiger partial charge in [-0.25, -0.2) is 4.79 Å². The summed E-state index contributed by atoms with van der Waals surface area (Å²) in [5, 5.41) is 16.1. The lowest BCUT2D eigenvalue weighted by atomic mass is 10.2. The first-order valence-corrected chi connectivity index (χ1v) is 6.08. The van der Waals surface area contributed by atoms with Crippen molar-refractivity contribution < 1.29 is 9.90 Å². The van der Waals surface area contributed by atoms with E-state index in [1.54, 1.807) is 4.68 Å². The number of hydrogen-bond acceptors (Lipinski definition) is 5. The van der Waals surface area contributed by atoms with Gasteiger partial charge in [0.1, 0.15) is 0 Å². The molecule has 1 atom stereocenters. The zero-order chi connectivity index (χ0) is 13.1. The number of aromatic carboxylic acids is 1. The summed E-state index contributed by atoms with van der Waals surface area (Å²) in [6.45, 7) is 3.71. The molecule has 0 amide bonds. The van der Waals surface area contributed by atoms with E-state index < -0.39 is 5.97 Å². The van der Waals surface area contributed by atoms with Gasteiger partial charge in [0.05, 0.1) is 12.7 Å². The second-order valence-corrected chi connectivity index (χ2v) is 4.88. The molecule has 2 heterocycles. The molecule has 0 spiro atoms. The van der Waals surface area contributed by atoms with Crippen molar-refractivity contribution >= 4 is 5.97 Å². The highest BCUT2D eigenvalue weighted by atomic mass is 16.4. The molecule has 1 aliphatic heterocycles. The van der Waals surface area contributed by atoms with Crippen LogP contribution in [0.25, 0.3) is 0 Å². The van der Waals surface area contributed by atoms with Crippen LogP contribution in [0.4, 0.5) is 0 Å². The first kappa shape index (κ1) is 13.0. The maximum absolute atomic E-state index is 10.7. The van der Waals surface area contributed by atoms with Crippen molar-refractivity contribution in [3.8, 4) is 0 Å². The third-order valence-electron chi connectivity index (χ3n) is 3.38. The average molecular weight is 253 g/mol. The maximum Gasteiger partial charge on any atom is 0.358 e. The van der Waals surface area contributed by atoms with E-state index in [1.807, 2.05) is 0 Å². The first-order chi connectivity index (χ1) is 8.56. The van der Waals surface area contributed by atoms with Crippen LogP contribution in [0.1, 0.15) is 16.9 Å². The predicted octanol–water partition coefficient (Wildman–Crippen LogP) is -0.388. The number of rotatable bonds is 5. The fraction of sp³-hybridized carbons (Fsp3) is 0.727. The number of carboxylic acid groups (broad SMARTS) is 1. The molecule has 1 aromatic heterocycles. The summed E-state index contributed by atoms with van der Waals surface area (Å²) in [5.41, 5.74) is 0.00240. The highest BCUT2D eigenvalue weighted by Crippen LogP contribution is 2.12. The van der Waals surface area contributed by atoms with E-state index in [2.05, 4.69) is 34.2 Å². The zero-order valence-corrected chi connectivity index (χ0v) is 10.8. The van der Waals surface area contributed by atoms with E-state index in [9.17, 15) is 4.79 Å². The van der Waals surface area contributed by atoms with E-state index in [0.717, 1.165) is 19.6 Å². The van der Waals surface area contributed by atoms with E-state index in [-0.39, 0.29) is 5.69 Å². The Morgan fingerprint density at radius 3 is 2.89 bits per heavy atom. The quantitative estimate of drug-likeness (QED) is 0.770. The SMILES string of the molecule is CN(C)C1CCN(CCn2cc(C(=O)O)nn2)C1. The smallest absolute Gasteiger partial charge is 0.358 e. The molecule has 1 N–H and O–H groups in total. The van der Waals surface area contributed by atoms with Crippen LogP contribution >= 0.6 is 0 Å². The summed E-state index contributed by atoms with van der Waals surface area (Å²) in [6.07, 6.45) is 2.66. The summed E-state index contributed by atoms with van der Waals surface area (Å²) >= 11 is 0. The second kappa shape index (κ2) is 5.45. The van der Waals surface area contributed by atoms with E-state index >= 15 is 0 Å². The molecule has 1 aromatic rings. The van der Waals surface area contributed by atoms with Crippen LogP contribution in [0.3, 0.4) is 0 Å². The molecule has 0 radical (unpaired) electrons. The van der Waals surface area contributed by atoms with Gasteiger partial charge >= 0.3 is 5.97 Å². The molecule has 2 rings (SSSR count). The Morgan fingerprint density at radius 1 is 1.56 bits per heavy atom. The molecule has 1 aliphatic rings. The molecule has 0 saturated carbocycles. The van der Waals surface area contributed by atoms with Crippen molar-refractivity contribution in [2.75, 3.05) is 33.7 Å². The van der Waals surface area contributed by atoms with Gasteiger partial charge in [-0.15, -0.1) is 5.10 Å². The van der Waals surface area contributed by atoms with Crippen molar-refractivity contribution in [1.29, 1.82) is 0 Å². The minimum absolute atomic E-state index is 0.00240. The Balaban J connectivity index is 1.80. The summed E-state index contributed by atoms with van der Waals surface area (Å²) in [6, 6.07) is 0.621. The lowest BCUT2D eigenvalue weighted by molar-refractivity contribution is 0.0690. The Hall–Kier alpha value is -1.47. The number of nitrogens with zero attached hydrogens (tertiary/aromatic N) is 5. The minimum atomic E-state index is -1.03. The van der Waals surface area contributed by atoms with Crippen molar-refractivity contribution in [1.82, 2.24) is 24.8 Å². The molecule has 100 valence electrons. The van der Waals surface area contributed by atoms with Gasteiger partial charge in [0, 0.05) is 19.1 Å². The molecule has 0 aliphatic carbocycles. The Bertz CT molecular complexity index is 417. The zero-order valence-electron chi connectivity index (χ0n) is 10.8. The first-order valence-electron chi connectivity index (χ1n) is 6.08. The van der Waals surface area contributed by atoms with Crippen LogP contribution in [0.2, 0.25) is 0 Å². The number of carbonyl (C=O) groups is 1. The molecule has 1 saturated heterocycles. The van der Waals surface area contributed by atoms with Gasteiger partial charge in [0.25, 0.3) is 0 Å². The van der Waals surface area contributed by atoms with Crippen molar-refractivity contribution in [2.45, 2.75) is 19.0 Å². The van der Waals surface area contributed by atoms with Crippen LogP contribution in [0.15, 0.2) is 6.20 Å². The molecular formula is C11H19N5O2. The number of aromatic nitrogens is 3. The van der Waals surface area contributed by atoms with E-state index in [4.69, 9.17) is 5.11 Å². The van der Waals surface area contributed by atoms with Gasteiger partial charge in [0.15, 0.2) is 5.69 Å². The average Bonchev–Trinajstić information content (AvgIpc) is 2.95. The predicted molar refractivity (Wildman–Crippen MR) is 65.5 cm³/mol. The normalized spacial score (nSPS) is 20.7. The van der Waals surface area contributed by atoms with Crippen LogP contribution in [0.5, 0.6) is 0 Å². The van der Waals surface area contributed by atoms with Gasteiger partial charge in [-0.1, -0.05) is 5.21 Å². The monoisotopic (exact) mass is 253 g/mol. The molecule has 1 unspecified atom stereocenters. The van der Waals surface area contributed by atoms with Crippen LogP contribution in [0, 0.1) is 0 Å². The van der Waals surface area contributed by atoms with Crippen molar-refractivity contribution in [3.63, 3.8) is 0 Å². The largest absolute Gasteiger partial charge is 0.476 e. The summed E-state index contributed by atoms with van der Waals surface area (Å²) in [5.74, 6) is -1.03. The van der Waals surface area contributed by atoms with Gasteiger partial charge < -0.3 is 10.0 Å². The Labute approximate surface area is 106 Å². The summed E-state index contributed by atoms with van der Waals surface area (Å²) < 4.78 is 1.59. The fourth-order valence-corrected chi connectivity index (χ4v) is 2.19. The van der Waals surface area contributed by atoms with Gasteiger partial charge in [-0.05, 0) is 27.1 Å². The number of likely N-dealkylation sites (N-methyl/N-ethyl adjacent to an activating group) is 1. The van der Waals surface area contributed by atoms with E-state index in [0.29, 0.717) is 12.6 Å². The summed E-state index contributed by atoms with van der Waals surface area (Å²) in [7, 11) is 4.20. The summed E-state index contributed by atoms with van der Waals surface area (Å²) in [4.78, 5) is 15.3. The van der Waals surface area contributed by atoms with Crippen LogP contribution < -0.4 is 0 Å².